The summed E-state index contributed by atoms with van der Waals surface area (Å²) in [7, 11) is 0. The SMILES string of the molecule is O=C(Cc1ccccc1)c1cc(NC(=O)C2CCNC2)nn1-c1ccc(CN2CCOCC2)cc1. The molecule has 3 aromatic rings. The summed E-state index contributed by atoms with van der Waals surface area (Å²) in [4.78, 5) is 28.3. The minimum Gasteiger partial charge on any atom is -0.379 e. The van der Waals surface area contributed by atoms with E-state index in [0.717, 1.165) is 57.1 Å². The molecule has 2 aromatic carbocycles. The Bertz CT molecular complexity index is 1150. The van der Waals surface area contributed by atoms with Crippen molar-refractivity contribution in [1.29, 1.82) is 0 Å². The van der Waals surface area contributed by atoms with Crippen molar-refractivity contribution in [2.45, 2.75) is 19.4 Å². The molecular formula is C27H31N5O3. The second kappa shape index (κ2) is 10.9. The zero-order valence-electron chi connectivity index (χ0n) is 19.8. The number of carbonyl (C=O) groups excluding carboxylic acids is 2. The number of Topliss-reactive ketones (excluding diaryl/α,β-unsaturated/α-hetero) is 1. The highest BCUT2D eigenvalue weighted by Gasteiger charge is 2.24. The number of aromatic nitrogens is 2. The van der Waals surface area contributed by atoms with Crippen molar-refractivity contribution in [3.8, 4) is 5.69 Å². The molecule has 0 aliphatic carbocycles. The van der Waals surface area contributed by atoms with Gasteiger partial charge in [0, 0.05) is 38.7 Å². The molecule has 2 aliphatic heterocycles. The van der Waals surface area contributed by atoms with Gasteiger partial charge in [-0.05, 0) is 36.2 Å². The topological polar surface area (TPSA) is 88.5 Å². The molecule has 182 valence electrons. The lowest BCUT2D eigenvalue weighted by molar-refractivity contribution is -0.119. The molecule has 2 N–H and O–H groups in total. The predicted molar refractivity (Wildman–Crippen MR) is 134 cm³/mol. The number of hydrogen-bond donors (Lipinski definition) is 2. The largest absolute Gasteiger partial charge is 0.379 e. The first kappa shape index (κ1) is 23.4. The van der Waals surface area contributed by atoms with Crippen LogP contribution >= 0.6 is 0 Å². The van der Waals surface area contributed by atoms with E-state index in [4.69, 9.17) is 4.74 Å². The first-order valence-corrected chi connectivity index (χ1v) is 12.2. The second-order valence-corrected chi connectivity index (χ2v) is 9.15. The van der Waals surface area contributed by atoms with Gasteiger partial charge >= 0.3 is 0 Å². The van der Waals surface area contributed by atoms with Crippen molar-refractivity contribution in [3.63, 3.8) is 0 Å². The van der Waals surface area contributed by atoms with Gasteiger partial charge in [-0.1, -0.05) is 42.5 Å². The van der Waals surface area contributed by atoms with Crippen molar-refractivity contribution in [1.82, 2.24) is 20.0 Å². The molecule has 8 heteroatoms. The van der Waals surface area contributed by atoms with Crippen LogP contribution in [0.25, 0.3) is 5.69 Å². The van der Waals surface area contributed by atoms with Gasteiger partial charge in [0.05, 0.1) is 24.8 Å². The fraction of sp³-hybridized carbons (Fsp3) is 0.370. The molecule has 35 heavy (non-hydrogen) atoms. The number of carbonyl (C=O) groups is 2. The number of nitrogens with zero attached hydrogens (tertiary/aromatic N) is 3. The van der Waals surface area contributed by atoms with E-state index in [1.165, 1.54) is 5.56 Å². The first-order valence-electron chi connectivity index (χ1n) is 12.2. The molecule has 0 spiro atoms. The van der Waals surface area contributed by atoms with Crippen LogP contribution in [0.2, 0.25) is 0 Å². The minimum atomic E-state index is -0.0805. The normalized spacial score (nSPS) is 18.5. The highest BCUT2D eigenvalue weighted by Crippen LogP contribution is 2.21. The van der Waals surface area contributed by atoms with E-state index < -0.39 is 0 Å². The van der Waals surface area contributed by atoms with Crippen LogP contribution in [0.3, 0.4) is 0 Å². The van der Waals surface area contributed by atoms with Crippen LogP contribution < -0.4 is 10.6 Å². The van der Waals surface area contributed by atoms with Gasteiger partial charge < -0.3 is 15.4 Å². The molecule has 0 radical (unpaired) electrons. The van der Waals surface area contributed by atoms with E-state index in [1.54, 1.807) is 10.7 Å². The van der Waals surface area contributed by atoms with Gasteiger partial charge in [-0.2, -0.15) is 0 Å². The number of ketones is 1. The van der Waals surface area contributed by atoms with E-state index in [-0.39, 0.29) is 24.0 Å². The third-order valence-corrected chi connectivity index (χ3v) is 6.58. The number of benzene rings is 2. The average molecular weight is 474 g/mol. The van der Waals surface area contributed by atoms with Crippen LogP contribution in [0.1, 0.15) is 28.0 Å². The van der Waals surface area contributed by atoms with E-state index in [2.05, 4.69) is 32.8 Å². The molecule has 1 atom stereocenters. The summed E-state index contributed by atoms with van der Waals surface area (Å²) in [6, 6.07) is 19.5. The Hall–Kier alpha value is -3.33. The minimum absolute atomic E-state index is 0.0517. The molecule has 0 saturated carbocycles. The summed E-state index contributed by atoms with van der Waals surface area (Å²) in [5.74, 6) is 0.200. The standard InChI is InChI=1S/C27H31N5O3/c33-25(16-20-4-2-1-3-5-20)24-17-26(29-27(34)22-10-11-28-18-22)30-32(24)23-8-6-21(7-9-23)19-31-12-14-35-15-13-31/h1-9,17,22,28H,10-16,18-19H2,(H,29,30,34). The van der Waals surface area contributed by atoms with Crippen molar-refractivity contribution in [2.75, 3.05) is 44.7 Å². The lowest BCUT2D eigenvalue weighted by atomic mass is 10.1. The summed E-state index contributed by atoms with van der Waals surface area (Å²) in [5.41, 5.74) is 3.38. The Kier molecular flexibility index (Phi) is 7.32. The van der Waals surface area contributed by atoms with Crippen LogP contribution in [0.15, 0.2) is 60.7 Å². The first-order chi connectivity index (χ1) is 17.2. The van der Waals surface area contributed by atoms with Crippen LogP contribution in [0, 0.1) is 5.92 Å². The number of nitrogens with one attached hydrogen (secondary N) is 2. The van der Waals surface area contributed by atoms with Crippen molar-refractivity contribution in [2.24, 2.45) is 5.92 Å². The van der Waals surface area contributed by atoms with Gasteiger partial charge in [0.1, 0.15) is 5.69 Å². The Labute approximate surface area is 205 Å². The molecule has 2 aliphatic rings. The van der Waals surface area contributed by atoms with Crippen LogP contribution in [0.5, 0.6) is 0 Å². The molecule has 3 heterocycles. The van der Waals surface area contributed by atoms with E-state index in [0.29, 0.717) is 18.1 Å². The van der Waals surface area contributed by atoms with Gasteiger partial charge in [0.15, 0.2) is 11.6 Å². The summed E-state index contributed by atoms with van der Waals surface area (Å²) < 4.78 is 7.08. The fourth-order valence-electron chi connectivity index (χ4n) is 4.58. The highest BCUT2D eigenvalue weighted by atomic mass is 16.5. The van der Waals surface area contributed by atoms with Gasteiger partial charge in [-0.3, -0.25) is 14.5 Å². The van der Waals surface area contributed by atoms with Crippen molar-refractivity contribution in [3.05, 3.63) is 77.5 Å². The summed E-state index contributed by atoms with van der Waals surface area (Å²) >= 11 is 0. The van der Waals surface area contributed by atoms with E-state index >= 15 is 0 Å². The zero-order chi connectivity index (χ0) is 24.0. The van der Waals surface area contributed by atoms with Gasteiger partial charge in [0.25, 0.3) is 0 Å². The summed E-state index contributed by atoms with van der Waals surface area (Å²) in [6.07, 6.45) is 1.07. The Morgan fingerprint density at radius 3 is 2.51 bits per heavy atom. The summed E-state index contributed by atoms with van der Waals surface area (Å²) in [6.45, 7) is 5.75. The fourth-order valence-corrected chi connectivity index (χ4v) is 4.58. The van der Waals surface area contributed by atoms with E-state index in [9.17, 15) is 9.59 Å². The maximum atomic E-state index is 13.3. The molecule has 0 bridgehead atoms. The predicted octanol–water partition coefficient (Wildman–Crippen LogP) is 2.68. The maximum Gasteiger partial charge on any atom is 0.230 e. The lowest BCUT2D eigenvalue weighted by Gasteiger charge is -2.26. The number of rotatable bonds is 8. The maximum absolute atomic E-state index is 13.3. The second-order valence-electron chi connectivity index (χ2n) is 9.15. The Balaban J connectivity index is 1.38. The molecule has 5 rings (SSSR count). The number of amides is 1. The van der Waals surface area contributed by atoms with Gasteiger partial charge in [0.2, 0.25) is 5.91 Å². The third kappa shape index (κ3) is 5.85. The van der Waals surface area contributed by atoms with E-state index in [1.807, 2.05) is 42.5 Å². The van der Waals surface area contributed by atoms with Gasteiger partial charge in [-0.15, -0.1) is 5.10 Å². The van der Waals surface area contributed by atoms with Crippen LogP contribution in [-0.4, -0.2) is 65.8 Å². The molecule has 2 fully saturated rings. The number of hydrogen-bond acceptors (Lipinski definition) is 6. The number of ether oxygens (including phenoxy) is 1. The third-order valence-electron chi connectivity index (χ3n) is 6.58. The highest BCUT2D eigenvalue weighted by molar-refractivity contribution is 5.99. The molecule has 1 aromatic heterocycles. The smallest absolute Gasteiger partial charge is 0.230 e. The lowest BCUT2D eigenvalue weighted by Crippen LogP contribution is -2.35. The Morgan fingerprint density at radius 2 is 1.80 bits per heavy atom. The molecule has 1 unspecified atom stereocenters. The summed E-state index contributed by atoms with van der Waals surface area (Å²) in [5, 5.41) is 10.7. The number of morpholine rings is 1. The van der Waals surface area contributed by atoms with Crippen LogP contribution in [-0.2, 0) is 22.5 Å². The molecular weight excluding hydrogens is 442 g/mol. The average Bonchev–Trinajstić information content (AvgIpc) is 3.57. The van der Waals surface area contributed by atoms with Gasteiger partial charge in [-0.25, -0.2) is 4.68 Å². The number of anilines is 1. The molecule has 2 saturated heterocycles. The van der Waals surface area contributed by atoms with Crippen molar-refractivity contribution >= 4 is 17.5 Å². The molecule has 1 amide bonds. The van der Waals surface area contributed by atoms with Crippen molar-refractivity contribution < 1.29 is 14.3 Å². The zero-order valence-corrected chi connectivity index (χ0v) is 19.8. The molecule has 8 nitrogen and oxygen atoms in total. The quantitative estimate of drug-likeness (QED) is 0.489. The Morgan fingerprint density at radius 1 is 1.03 bits per heavy atom. The monoisotopic (exact) mass is 473 g/mol. The van der Waals surface area contributed by atoms with Crippen LogP contribution in [0.4, 0.5) is 5.82 Å².